The summed E-state index contributed by atoms with van der Waals surface area (Å²) < 4.78 is 28.5. The number of pyridine rings is 1. The third-order valence-corrected chi connectivity index (χ3v) is 4.24. The highest BCUT2D eigenvalue weighted by atomic mass is 35.5. The van der Waals surface area contributed by atoms with Crippen LogP contribution in [0.25, 0.3) is 0 Å². The zero-order chi connectivity index (χ0) is 14.9. The van der Waals surface area contributed by atoms with Gasteiger partial charge in [0.25, 0.3) is 10.0 Å². The second kappa shape index (κ2) is 5.29. The van der Waals surface area contributed by atoms with Crippen molar-refractivity contribution in [3.05, 3.63) is 29.2 Å². The summed E-state index contributed by atoms with van der Waals surface area (Å²) in [5.41, 5.74) is 1.00. The Bertz CT molecular complexity index is 741. The van der Waals surface area contributed by atoms with E-state index in [4.69, 9.17) is 11.6 Å². The van der Waals surface area contributed by atoms with Gasteiger partial charge in [0.15, 0.2) is 0 Å². The lowest BCUT2D eigenvalue weighted by Crippen LogP contribution is -2.14. The minimum atomic E-state index is -3.75. The Morgan fingerprint density at radius 3 is 2.60 bits per heavy atom. The van der Waals surface area contributed by atoms with E-state index in [-0.39, 0.29) is 9.92 Å². The van der Waals surface area contributed by atoms with Crippen molar-refractivity contribution in [3.63, 3.8) is 0 Å². The SMILES string of the molecule is CNc1ncc(S(=O)(=O)Nc2cn(C)nc2C)cc1Cl. The number of aromatic nitrogens is 3. The summed E-state index contributed by atoms with van der Waals surface area (Å²) in [6, 6.07) is 1.34. The van der Waals surface area contributed by atoms with Crippen LogP contribution in [-0.4, -0.2) is 30.2 Å². The fourth-order valence-electron chi connectivity index (χ4n) is 1.65. The predicted molar refractivity (Wildman–Crippen MR) is 77.5 cm³/mol. The van der Waals surface area contributed by atoms with Crippen LogP contribution in [0, 0.1) is 6.92 Å². The van der Waals surface area contributed by atoms with Gasteiger partial charge in [-0.1, -0.05) is 11.6 Å². The molecule has 0 fully saturated rings. The predicted octanol–water partition coefficient (Wildman–Crippen LogP) is 1.62. The molecule has 0 aliphatic rings. The summed E-state index contributed by atoms with van der Waals surface area (Å²) >= 11 is 5.94. The molecule has 2 N–H and O–H groups in total. The van der Waals surface area contributed by atoms with Crippen LogP contribution < -0.4 is 10.0 Å². The molecule has 2 heterocycles. The lowest BCUT2D eigenvalue weighted by Gasteiger charge is -2.08. The summed E-state index contributed by atoms with van der Waals surface area (Å²) in [6.07, 6.45) is 2.83. The third-order valence-electron chi connectivity index (χ3n) is 2.62. The van der Waals surface area contributed by atoms with Crippen molar-refractivity contribution in [2.45, 2.75) is 11.8 Å². The number of nitrogens with zero attached hydrogens (tertiary/aromatic N) is 3. The highest BCUT2D eigenvalue weighted by molar-refractivity contribution is 7.92. The highest BCUT2D eigenvalue weighted by Crippen LogP contribution is 2.24. The Kier molecular flexibility index (Phi) is 3.87. The standard InChI is InChI=1S/C11H14ClN5O2S/c1-7-10(6-17(3)15-7)16-20(18,19)8-4-9(12)11(13-2)14-5-8/h4-6,16H,1-3H3,(H,13,14). The van der Waals surface area contributed by atoms with Crippen molar-refractivity contribution in [2.75, 3.05) is 17.1 Å². The quantitative estimate of drug-likeness (QED) is 0.895. The first kappa shape index (κ1) is 14.6. The molecule has 0 radical (unpaired) electrons. The molecule has 0 saturated heterocycles. The van der Waals surface area contributed by atoms with E-state index in [2.05, 4.69) is 20.1 Å². The van der Waals surface area contributed by atoms with Crippen molar-refractivity contribution >= 4 is 33.1 Å². The number of sulfonamides is 1. The van der Waals surface area contributed by atoms with E-state index in [1.165, 1.54) is 16.9 Å². The molecular weight excluding hydrogens is 302 g/mol. The van der Waals surface area contributed by atoms with Gasteiger partial charge >= 0.3 is 0 Å². The van der Waals surface area contributed by atoms with Gasteiger partial charge in [-0.15, -0.1) is 0 Å². The van der Waals surface area contributed by atoms with E-state index in [9.17, 15) is 8.42 Å². The minimum absolute atomic E-state index is 0.00949. The molecule has 0 amide bonds. The Labute approximate surface area is 122 Å². The highest BCUT2D eigenvalue weighted by Gasteiger charge is 2.18. The summed E-state index contributed by atoms with van der Waals surface area (Å²) in [5, 5.41) is 7.07. The van der Waals surface area contributed by atoms with Gasteiger partial charge in [-0.25, -0.2) is 13.4 Å². The molecule has 0 aliphatic heterocycles. The Morgan fingerprint density at radius 1 is 1.40 bits per heavy atom. The maximum absolute atomic E-state index is 12.2. The molecule has 2 rings (SSSR count). The molecule has 0 aromatic carbocycles. The topological polar surface area (TPSA) is 88.9 Å². The molecule has 0 spiro atoms. The molecule has 108 valence electrons. The summed E-state index contributed by atoms with van der Waals surface area (Å²) in [6.45, 7) is 1.72. The molecule has 2 aromatic rings. The minimum Gasteiger partial charge on any atom is -0.372 e. The molecule has 0 aliphatic carbocycles. The smallest absolute Gasteiger partial charge is 0.263 e. The number of hydrogen-bond acceptors (Lipinski definition) is 5. The molecule has 7 nitrogen and oxygen atoms in total. The summed E-state index contributed by atoms with van der Waals surface area (Å²) in [7, 11) is -0.382. The molecule has 20 heavy (non-hydrogen) atoms. The molecular formula is C11H14ClN5O2S. The van der Waals surface area contributed by atoms with Gasteiger partial charge in [0, 0.05) is 26.5 Å². The van der Waals surface area contributed by atoms with Crippen molar-refractivity contribution in [2.24, 2.45) is 7.05 Å². The van der Waals surface area contributed by atoms with Crippen molar-refractivity contribution < 1.29 is 8.42 Å². The van der Waals surface area contributed by atoms with E-state index >= 15 is 0 Å². The number of nitrogens with one attached hydrogen (secondary N) is 2. The van der Waals surface area contributed by atoms with Crippen LogP contribution in [0.4, 0.5) is 11.5 Å². The third kappa shape index (κ3) is 2.86. The number of anilines is 2. The summed E-state index contributed by atoms with van der Waals surface area (Å²) in [4.78, 5) is 3.94. The van der Waals surface area contributed by atoms with Crippen molar-refractivity contribution in [1.82, 2.24) is 14.8 Å². The van der Waals surface area contributed by atoms with Gasteiger partial charge in [-0.3, -0.25) is 9.40 Å². The lowest BCUT2D eigenvalue weighted by molar-refractivity contribution is 0.601. The normalized spacial score (nSPS) is 11.4. The van der Waals surface area contributed by atoms with Crippen LogP contribution in [0.5, 0.6) is 0 Å². The molecule has 0 saturated carbocycles. The van der Waals surface area contributed by atoms with Crippen molar-refractivity contribution in [3.8, 4) is 0 Å². The average Bonchev–Trinajstić information content (AvgIpc) is 2.67. The van der Waals surface area contributed by atoms with Gasteiger partial charge in [0.1, 0.15) is 10.7 Å². The molecule has 0 atom stereocenters. The first-order chi connectivity index (χ1) is 9.33. The van der Waals surface area contributed by atoms with Crippen molar-refractivity contribution in [1.29, 1.82) is 0 Å². The Hall–Kier alpha value is -1.80. The number of hydrogen-bond donors (Lipinski definition) is 2. The average molecular weight is 316 g/mol. The summed E-state index contributed by atoms with van der Waals surface area (Å²) in [5.74, 6) is 0.420. The number of halogens is 1. The van der Waals surface area contributed by atoms with Gasteiger partial charge in [0.05, 0.1) is 16.4 Å². The van der Waals surface area contributed by atoms with Crippen LogP contribution in [-0.2, 0) is 17.1 Å². The van der Waals surface area contributed by atoms with Gasteiger partial charge in [-0.2, -0.15) is 5.10 Å². The van der Waals surface area contributed by atoms with E-state index in [0.29, 0.717) is 17.2 Å². The zero-order valence-corrected chi connectivity index (χ0v) is 12.7. The second-order valence-corrected chi connectivity index (χ2v) is 6.25. The lowest BCUT2D eigenvalue weighted by atomic mass is 10.4. The van der Waals surface area contributed by atoms with Crippen LogP contribution in [0.2, 0.25) is 5.02 Å². The Balaban J connectivity index is 2.35. The van der Waals surface area contributed by atoms with Crippen LogP contribution in [0.3, 0.4) is 0 Å². The largest absolute Gasteiger partial charge is 0.372 e. The van der Waals surface area contributed by atoms with Gasteiger partial charge in [-0.05, 0) is 13.0 Å². The molecule has 9 heteroatoms. The monoisotopic (exact) mass is 315 g/mol. The van der Waals surface area contributed by atoms with Gasteiger partial charge in [0.2, 0.25) is 0 Å². The van der Waals surface area contributed by atoms with E-state index in [1.807, 2.05) is 0 Å². The molecule has 2 aromatic heterocycles. The maximum Gasteiger partial charge on any atom is 0.263 e. The van der Waals surface area contributed by atoms with E-state index in [1.54, 1.807) is 27.2 Å². The first-order valence-corrected chi connectivity index (χ1v) is 7.56. The van der Waals surface area contributed by atoms with E-state index < -0.39 is 10.0 Å². The zero-order valence-electron chi connectivity index (χ0n) is 11.2. The van der Waals surface area contributed by atoms with Gasteiger partial charge < -0.3 is 5.32 Å². The fraction of sp³-hybridized carbons (Fsp3) is 0.273. The molecule has 0 unspecified atom stereocenters. The van der Waals surface area contributed by atoms with Crippen LogP contribution in [0.15, 0.2) is 23.4 Å². The first-order valence-electron chi connectivity index (χ1n) is 5.70. The Morgan fingerprint density at radius 2 is 2.10 bits per heavy atom. The van der Waals surface area contributed by atoms with Crippen LogP contribution in [0.1, 0.15) is 5.69 Å². The fourth-order valence-corrected chi connectivity index (χ4v) is 3.05. The second-order valence-electron chi connectivity index (χ2n) is 4.16. The van der Waals surface area contributed by atoms with E-state index in [0.717, 1.165) is 0 Å². The van der Waals surface area contributed by atoms with Crippen LogP contribution >= 0.6 is 11.6 Å². The number of rotatable bonds is 4. The molecule has 0 bridgehead atoms. The maximum atomic E-state index is 12.2. The number of aryl methyl sites for hydroxylation is 2.